The van der Waals surface area contributed by atoms with Crippen molar-refractivity contribution in [1.82, 2.24) is 5.01 Å². The molecule has 1 aliphatic heterocycles. The monoisotopic (exact) mass is 483 g/mol. The molecule has 153 valence electrons. The first-order valence-electron chi connectivity index (χ1n) is 9.07. The summed E-state index contributed by atoms with van der Waals surface area (Å²) in [7, 11) is 0. The molecular formula is C21H20N3O5Y-. The van der Waals surface area contributed by atoms with Crippen LogP contribution in [0.1, 0.15) is 41.2 Å². The molecule has 0 bridgehead atoms. The number of nitrogens with zero attached hydrogens (tertiary/aromatic N) is 3. The van der Waals surface area contributed by atoms with E-state index in [1.54, 1.807) is 26.0 Å². The molecular weight excluding hydrogens is 463 g/mol. The second kappa shape index (κ2) is 9.58. The molecule has 0 aliphatic carbocycles. The van der Waals surface area contributed by atoms with E-state index in [-0.39, 0.29) is 44.4 Å². The minimum absolute atomic E-state index is 0. The summed E-state index contributed by atoms with van der Waals surface area (Å²) in [6.07, 6.45) is -0.182. The summed E-state index contributed by atoms with van der Waals surface area (Å²) in [6, 6.07) is 11.2. The van der Waals surface area contributed by atoms with Gasteiger partial charge in [0.15, 0.2) is 0 Å². The van der Waals surface area contributed by atoms with Crippen LogP contribution in [0.2, 0.25) is 0 Å². The van der Waals surface area contributed by atoms with Gasteiger partial charge in [-0.2, -0.15) is 28.9 Å². The minimum Gasteiger partial charge on any atom is -0.481 e. The summed E-state index contributed by atoms with van der Waals surface area (Å²) < 4.78 is 0. The molecule has 0 fully saturated rings. The zero-order chi connectivity index (χ0) is 21.3. The van der Waals surface area contributed by atoms with E-state index in [4.69, 9.17) is 5.11 Å². The number of carbonyl (C=O) groups is 2. The first-order valence-corrected chi connectivity index (χ1v) is 9.07. The predicted octanol–water partition coefficient (Wildman–Crippen LogP) is 3.01. The normalized spacial score (nSPS) is 15.4. The van der Waals surface area contributed by atoms with Crippen LogP contribution in [0.3, 0.4) is 0 Å². The number of hydrogen-bond acceptors (Lipinski definition) is 5. The molecule has 0 saturated heterocycles. The van der Waals surface area contributed by atoms with Gasteiger partial charge in [-0.15, -0.1) is 11.1 Å². The molecule has 0 spiro atoms. The van der Waals surface area contributed by atoms with Crippen molar-refractivity contribution in [3.05, 3.63) is 74.3 Å². The Balaban J connectivity index is 0.00000320. The SMILES string of the molecule is Cc1[c-]cc2c(c1)C(c1ccc([N+](=O)[O-])c(C)c1)=NN(C(=O)CC(=O)O)C(C)C2.[Y]. The van der Waals surface area contributed by atoms with E-state index in [1.165, 1.54) is 11.1 Å². The standard InChI is InChI=1S/C21H20N3O5.Y/c1-12-4-5-15-10-14(3)23(19(25)11-20(26)27)22-21(17(15)8-12)16-6-7-18(24(28)29)13(2)9-16;/h5-9,14H,10-11H2,1-3H3,(H,26,27);/q-1;. The van der Waals surface area contributed by atoms with Crippen molar-refractivity contribution in [1.29, 1.82) is 0 Å². The van der Waals surface area contributed by atoms with Crippen molar-refractivity contribution in [2.24, 2.45) is 5.10 Å². The third kappa shape index (κ3) is 4.99. The molecule has 1 aliphatic rings. The molecule has 1 atom stereocenters. The fourth-order valence-corrected chi connectivity index (χ4v) is 3.42. The molecule has 8 nitrogen and oxygen atoms in total. The number of rotatable bonds is 4. The Morgan fingerprint density at radius 1 is 1.33 bits per heavy atom. The second-order valence-corrected chi connectivity index (χ2v) is 7.12. The number of nitro benzene ring substituents is 1. The third-order valence-corrected chi connectivity index (χ3v) is 4.80. The number of benzene rings is 2. The van der Waals surface area contributed by atoms with Gasteiger partial charge in [-0.1, -0.05) is 13.3 Å². The van der Waals surface area contributed by atoms with Gasteiger partial charge in [-0.3, -0.25) is 19.7 Å². The molecule has 2 aromatic rings. The van der Waals surface area contributed by atoms with E-state index in [9.17, 15) is 19.7 Å². The van der Waals surface area contributed by atoms with Crippen molar-refractivity contribution in [3.8, 4) is 0 Å². The third-order valence-electron chi connectivity index (χ3n) is 4.80. The van der Waals surface area contributed by atoms with Crippen LogP contribution < -0.4 is 0 Å². The number of aliphatic carboxylic acids is 1. The summed E-state index contributed by atoms with van der Waals surface area (Å²) in [4.78, 5) is 34.3. The largest absolute Gasteiger partial charge is 0.481 e. The van der Waals surface area contributed by atoms with Crippen LogP contribution in [-0.4, -0.2) is 38.7 Å². The van der Waals surface area contributed by atoms with Crippen LogP contribution in [0.4, 0.5) is 5.69 Å². The fourth-order valence-electron chi connectivity index (χ4n) is 3.42. The molecule has 0 aromatic heterocycles. The quantitative estimate of drug-likeness (QED) is 0.311. The van der Waals surface area contributed by atoms with Crippen LogP contribution in [0, 0.1) is 30.0 Å². The van der Waals surface area contributed by atoms with E-state index in [0.29, 0.717) is 23.3 Å². The Hall–Kier alpha value is -2.45. The van der Waals surface area contributed by atoms with Crippen LogP contribution >= 0.6 is 0 Å². The van der Waals surface area contributed by atoms with Gasteiger partial charge in [0.1, 0.15) is 6.42 Å². The molecule has 9 heteroatoms. The van der Waals surface area contributed by atoms with E-state index >= 15 is 0 Å². The second-order valence-electron chi connectivity index (χ2n) is 7.12. The zero-order valence-electron chi connectivity index (χ0n) is 16.9. The number of carboxylic acids is 1. The van der Waals surface area contributed by atoms with E-state index < -0.39 is 23.2 Å². The maximum Gasteiger partial charge on any atom is 0.312 e. The maximum absolute atomic E-state index is 12.5. The topological polar surface area (TPSA) is 113 Å². The van der Waals surface area contributed by atoms with E-state index in [0.717, 1.165) is 16.7 Å². The Labute approximate surface area is 199 Å². The molecule has 1 unspecified atom stereocenters. The predicted molar refractivity (Wildman–Crippen MR) is 106 cm³/mol. The average Bonchev–Trinajstić information content (AvgIpc) is 2.76. The molecule has 1 heterocycles. The Morgan fingerprint density at radius 3 is 2.63 bits per heavy atom. The van der Waals surface area contributed by atoms with Gasteiger partial charge in [0.2, 0.25) is 0 Å². The van der Waals surface area contributed by atoms with Gasteiger partial charge < -0.3 is 5.11 Å². The number of carbonyl (C=O) groups excluding carboxylic acids is 1. The van der Waals surface area contributed by atoms with Crippen molar-refractivity contribution in [2.75, 3.05) is 0 Å². The molecule has 1 amide bonds. The summed E-state index contributed by atoms with van der Waals surface area (Å²) in [5.41, 5.74) is 4.15. The van der Waals surface area contributed by atoms with E-state index in [1.807, 2.05) is 19.1 Å². The fraction of sp³-hybridized carbons (Fsp3) is 0.286. The smallest absolute Gasteiger partial charge is 0.312 e. The number of hydrogen-bond donors (Lipinski definition) is 1. The molecule has 2 aromatic carbocycles. The van der Waals surface area contributed by atoms with Gasteiger partial charge in [0, 0.05) is 55.9 Å². The maximum atomic E-state index is 12.5. The van der Waals surface area contributed by atoms with Crippen molar-refractivity contribution in [3.63, 3.8) is 0 Å². The number of nitro groups is 1. The van der Waals surface area contributed by atoms with Crippen LogP contribution in [0.15, 0.2) is 35.4 Å². The molecule has 3 rings (SSSR count). The summed E-state index contributed by atoms with van der Waals surface area (Å²) >= 11 is 0. The van der Waals surface area contributed by atoms with Crippen LogP contribution in [0.25, 0.3) is 0 Å². The summed E-state index contributed by atoms with van der Waals surface area (Å²) in [6.45, 7) is 5.33. The first kappa shape index (κ1) is 23.8. The van der Waals surface area contributed by atoms with Crippen molar-refractivity contribution in [2.45, 2.75) is 39.7 Å². The summed E-state index contributed by atoms with van der Waals surface area (Å²) in [5.74, 6) is -1.84. The van der Waals surface area contributed by atoms with Crippen molar-refractivity contribution < 1.29 is 52.3 Å². The van der Waals surface area contributed by atoms with Crippen LogP contribution in [-0.2, 0) is 48.7 Å². The van der Waals surface area contributed by atoms with E-state index in [2.05, 4.69) is 11.2 Å². The summed E-state index contributed by atoms with van der Waals surface area (Å²) in [5, 5.41) is 25.9. The Kier molecular flexibility index (Phi) is 7.61. The molecule has 30 heavy (non-hydrogen) atoms. The zero-order valence-corrected chi connectivity index (χ0v) is 19.7. The Morgan fingerprint density at radius 2 is 2.03 bits per heavy atom. The van der Waals surface area contributed by atoms with Crippen molar-refractivity contribution >= 4 is 23.3 Å². The molecule has 1 radical (unpaired) electrons. The Bertz CT molecular complexity index is 1050. The molecule has 1 N–H and O–H groups in total. The van der Waals surface area contributed by atoms with Gasteiger partial charge in [0.25, 0.3) is 11.6 Å². The number of hydrazone groups is 1. The number of amides is 1. The molecule has 0 saturated carbocycles. The van der Waals surface area contributed by atoms with Gasteiger partial charge in [-0.25, -0.2) is 5.01 Å². The van der Waals surface area contributed by atoms with Gasteiger partial charge in [0.05, 0.1) is 10.6 Å². The average molecular weight is 483 g/mol. The van der Waals surface area contributed by atoms with Gasteiger partial charge in [-0.05, 0) is 26.0 Å². The first-order chi connectivity index (χ1) is 13.7. The number of fused-ring (bicyclic) bond motifs is 1. The number of carboxylic acid groups (broad SMARTS) is 1. The number of aryl methyl sites for hydroxylation is 2. The van der Waals surface area contributed by atoms with Crippen LogP contribution in [0.5, 0.6) is 0 Å². The minimum atomic E-state index is -1.23. The van der Waals surface area contributed by atoms with Gasteiger partial charge >= 0.3 is 5.97 Å².